The second-order valence-corrected chi connectivity index (χ2v) is 4.23. The van der Waals surface area contributed by atoms with Crippen LogP contribution in [0.4, 0.5) is 0 Å². The number of halogens is 3. The van der Waals surface area contributed by atoms with Crippen molar-refractivity contribution in [2.45, 2.75) is 17.1 Å². The lowest BCUT2D eigenvalue weighted by Crippen LogP contribution is -2.01. The number of rotatable bonds is 2. The third kappa shape index (κ3) is 2.29. The van der Waals surface area contributed by atoms with E-state index in [0.717, 1.165) is 11.1 Å². The van der Waals surface area contributed by atoms with Crippen molar-refractivity contribution in [3.05, 3.63) is 35.4 Å². The summed E-state index contributed by atoms with van der Waals surface area (Å²) in [6, 6.07) is 7.80. The van der Waals surface area contributed by atoms with Gasteiger partial charge in [0, 0.05) is 0 Å². The lowest BCUT2D eigenvalue weighted by atomic mass is 10.1. The SMILES string of the molecule is Cc1ccccc1C(Cl)C(Cl)Cl. The van der Waals surface area contributed by atoms with Gasteiger partial charge < -0.3 is 0 Å². The Hall–Kier alpha value is 0.0900. The molecule has 0 saturated carbocycles. The van der Waals surface area contributed by atoms with Gasteiger partial charge in [-0.05, 0) is 18.1 Å². The number of hydrogen-bond acceptors (Lipinski definition) is 0. The number of hydrogen-bond donors (Lipinski definition) is 0. The van der Waals surface area contributed by atoms with Crippen LogP contribution >= 0.6 is 34.8 Å². The first kappa shape index (κ1) is 10.2. The Labute approximate surface area is 87.4 Å². The van der Waals surface area contributed by atoms with E-state index in [1.54, 1.807) is 0 Å². The van der Waals surface area contributed by atoms with Crippen molar-refractivity contribution in [3.63, 3.8) is 0 Å². The van der Waals surface area contributed by atoms with Crippen LogP contribution in [0.2, 0.25) is 0 Å². The molecule has 0 nitrogen and oxygen atoms in total. The number of aryl methyl sites for hydroxylation is 1. The van der Waals surface area contributed by atoms with Gasteiger partial charge >= 0.3 is 0 Å². The number of benzene rings is 1. The van der Waals surface area contributed by atoms with E-state index in [1.165, 1.54) is 0 Å². The molecular weight excluding hydrogens is 214 g/mol. The van der Waals surface area contributed by atoms with Crippen LogP contribution < -0.4 is 0 Å². The summed E-state index contributed by atoms with van der Waals surface area (Å²) in [5, 5.41) is -0.325. The Morgan fingerprint density at radius 3 is 2.17 bits per heavy atom. The molecule has 0 aliphatic carbocycles. The van der Waals surface area contributed by atoms with E-state index >= 15 is 0 Å². The minimum Gasteiger partial charge on any atom is -0.115 e. The fraction of sp³-hybridized carbons (Fsp3) is 0.333. The van der Waals surface area contributed by atoms with E-state index in [0.29, 0.717) is 0 Å². The van der Waals surface area contributed by atoms with Crippen molar-refractivity contribution in [3.8, 4) is 0 Å². The average Bonchev–Trinajstić information content (AvgIpc) is 2.04. The van der Waals surface area contributed by atoms with Crippen molar-refractivity contribution in [2.24, 2.45) is 0 Å². The molecule has 0 fully saturated rings. The molecule has 1 rings (SSSR count). The first-order valence-corrected chi connectivity index (χ1v) is 4.91. The quantitative estimate of drug-likeness (QED) is 0.663. The van der Waals surface area contributed by atoms with Crippen LogP contribution in [-0.2, 0) is 0 Å². The van der Waals surface area contributed by atoms with E-state index in [1.807, 2.05) is 31.2 Å². The molecule has 1 aromatic rings. The van der Waals surface area contributed by atoms with Gasteiger partial charge in [-0.15, -0.1) is 34.8 Å². The molecule has 12 heavy (non-hydrogen) atoms. The van der Waals surface area contributed by atoms with Gasteiger partial charge in [-0.3, -0.25) is 0 Å². The van der Waals surface area contributed by atoms with Crippen LogP contribution in [0, 0.1) is 6.92 Å². The summed E-state index contributed by atoms with van der Waals surface area (Å²) in [7, 11) is 0. The highest BCUT2D eigenvalue weighted by Gasteiger charge is 2.16. The van der Waals surface area contributed by atoms with Gasteiger partial charge in [0.05, 0.1) is 5.38 Å². The Balaban J connectivity index is 2.94. The zero-order valence-electron chi connectivity index (χ0n) is 6.60. The van der Waals surface area contributed by atoms with Gasteiger partial charge in [0.25, 0.3) is 0 Å². The molecule has 66 valence electrons. The van der Waals surface area contributed by atoms with Crippen LogP contribution in [0.3, 0.4) is 0 Å². The molecular formula is C9H9Cl3. The monoisotopic (exact) mass is 222 g/mol. The maximum Gasteiger partial charge on any atom is 0.128 e. The highest BCUT2D eigenvalue weighted by atomic mass is 35.5. The normalized spacial score (nSPS) is 13.4. The summed E-state index contributed by atoms with van der Waals surface area (Å²) in [6.07, 6.45) is 0. The second kappa shape index (κ2) is 4.36. The molecule has 0 aliphatic rings. The van der Waals surface area contributed by atoms with Gasteiger partial charge in [0.1, 0.15) is 4.84 Å². The van der Waals surface area contributed by atoms with Gasteiger partial charge in [-0.2, -0.15) is 0 Å². The lowest BCUT2D eigenvalue weighted by Gasteiger charge is -2.12. The summed E-state index contributed by atoms with van der Waals surface area (Å²) >= 11 is 17.3. The minimum absolute atomic E-state index is 0.325. The molecule has 1 unspecified atom stereocenters. The van der Waals surface area contributed by atoms with Crippen molar-refractivity contribution in [2.75, 3.05) is 0 Å². The molecule has 0 heterocycles. The maximum absolute atomic E-state index is 5.98. The first-order chi connectivity index (χ1) is 5.63. The van der Waals surface area contributed by atoms with Crippen molar-refractivity contribution >= 4 is 34.8 Å². The Bertz CT molecular complexity index is 258. The average molecular weight is 224 g/mol. The van der Waals surface area contributed by atoms with Crippen molar-refractivity contribution in [1.82, 2.24) is 0 Å². The molecule has 0 bridgehead atoms. The molecule has 0 N–H and O–H groups in total. The van der Waals surface area contributed by atoms with Gasteiger partial charge in [-0.1, -0.05) is 24.3 Å². The fourth-order valence-corrected chi connectivity index (χ4v) is 1.55. The van der Waals surface area contributed by atoms with Crippen LogP contribution in [0.15, 0.2) is 24.3 Å². The molecule has 0 aromatic heterocycles. The first-order valence-electron chi connectivity index (χ1n) is 3.60. The van der Waals surface area contributed by atoms with E-state index in [-0.39, 0.29) is 5.38 Å². The summed E-state index contributed by atoms with van der Waals surface area (Å²) in [5.41, 5.74) is 2.11. The van der Waals surface area contributed by atoms with E-state index in [2.05, 4.69) is 0 Å². The van der Waals surface area contributed by atoms with Gasteiger partial charge in [-0.25, -0.2) is 0 Å². The topological polar surface area (TPSA) is 0 Å². The predicted molar refractivity (Wildman–Crippen MR) is 55.3 cm³/mol. The third-order valence-corrected chi connectivity index (χ3v) is 2.96. The van der Waals surface area contributed by atoms with Crippen LogP contribution in [0.1, 0.15) is 16.5 Å². The Kier molecular flexibility index (Phi) is 3.70. The van der Waals surface area contributed by atoms with E-state index < -0.39 is 4.84 Å². The second-order valence-electron chi connectivity index (χ2n) is 2.59. The molecule has 1 aromatic carbocycles. The highest BCUT2D eigenvalue weighted by Crippen LogP contribution is 2.31. The van der Waals surface area contributed by atoms with Gasteiger partial charge in [0.15, 0.2) is 0 Å². The van der Waals surface area contributed by atoms with Gasteiger partial charge in [0.2, 0.25) is 0 Å². The molecule has 0 aliphatic heterocycles. The molecule has 0 radical (unpaired) electrons. The number of alkyl halides is 3. The maximum atomic E-state index is 5.98. The standard InChI is InChI=1S/C9H9Cl3/c1-6-4-2-3-5-7(6)8(10)9(11)12/h2-5,8-9H,1H3. The highest BCUT2D eigenvalue weighted by molar-refractivity contribution is 6.48. The summed E-state index contributed by atoms with van der Waals surface area (Å²) in [6.45, 7) is 1.99. The fourth-order valence-electron chi connectivity index (χ4n) is 1.03. The summed E-state index contributed by atoms with van der Waals surface area (Å²) < 4.78 is 0. The molecule has 3 heteroatoms. The predicted octanol–water partition coefficient (Wildman–Crippen LogP) is 4.08. The largest absolute Gasteiger partial charge is 0.128 e. The smallest absolute Gasteiger partial charge is 0.115 e. The molecule has 1 atom stereocenters. The van der Waals surface area contributed by atoms with Crippen molar-refractivity contribution < 1.29 is 0 Å². The van der Waals surface area contributed by atoms with E-state index in [9.17, 15) is 0 Å². The van der Waals surface area contributed by atoms with Crippen LogP contribution in [0.5, 0.6) is 0 Å². The zero-order valence-corrected chi connectivity index (χ0v) is 8.87. The van der Waals surface area contributed by atoms with Crippen LogP contribution in [0.25, 0.3) is 0 Å². The third-order valence-electron chi connectivity index (χ3n) is 1.71. The molecule has 0 amide bonds. The van der Waals surface area contributed by atoms with Crippen LogP contribution in [-0.4, -0.2) is 4.84 Å². The Morgan fingerprint density at radius 1 is 1.08 bits per heavy atom. The lowest BCUT2D eigenvalue weighted by molar-refractivity contribution is 1.02. The Morgan fingerprint density at radius 2 is 1.67 bits per heavy atom. The minimum atomic E-state index is -0.562. The summed E-state index contributed by atoms with van der Waals surface area (Å²) in [5.74, 6) is 0. The molecule has 0 spiro atoms. The summed E-state index contributed by atoms with van der Waals surface area (Å²) in [4.78, 5) is -0.562. The van der Waals surface area contributed by atoms with E-state index in [4.69, 9.17) is 34.8 Å². The zero-order chi connectivity index (χ0) is 9.14. The van der Waals surface area contributed by atoms with Crippen molar-refractivity contribution in [1.29, 1.82) is 0 Å². The molecule has 0 saturated heterocycles.